The SMILES string of the molecule is CCn1nc2c(N(C)c3ccccc3)cccc2c1-c1cc2nccc(C(=O)O)c2[nH]1. The van der Waals surface area contributed by atoms with E-state index in [2.05, 4.69) is 33.1 Å². The number of carboxylic acid groups (broad SMARTS) is 1. The van der Waals surface area contributed by atoms with Crippen LogP contribution in [-0.2, 0) is 6.54 Å². The number of fused-ring (bicyclic) bond motifs is 2. The smallest absolute Gasteiger partial charge is 0.337 e. The van der Waals surface area contributed by atoms with Gasteiger partial charge in [-0.1, -0.05) is 30.3 Å². The predicted molar refractivity (Wildman–Crippen MR) is 122 cm³/mol. The van der Waals surface area contributed by atoms with Gasteiger partial charge < -0.3 is 15.0 Å². The summed E-state index contributed by atoms with van der Waals surface area (Å²) in [4.78, 5) is 21.4. The van der Waals surface area contributed by atoms with E-state index in [9.17, 15) is 9.90 Å². The summed E-state index contributed by atoms with van der Waals surface area (Å²) in [6, 6.07) is 19.7. The number of aromatic carboxylic acids is 1. The molecule has 5 aromatic rings. The van der Waals surface area contributed by atoms with Gasteiger partial charge in [0.2, 0.25) is 0 Å². The topological polar surface area (TPSA) is 87.0 Å². The lowest BCUT2D eigenvalue weighted by Gasteiger charge is -2.19. The maximum absolute atomic E-state index is 11.6. The fourth-order valence-electron chi connectivity index (χ4n) is 4.04. The third-order valence-corrected chi connectivity index (χ3v) is 5.56. The van der Waals surface area contributed by atoms with Crippen molar-refractivity contribution in [1.29, 1.82) is 0 Å². The number of pyridine rings is 1. The van der Waals surface area contributed by atoms with Crippen LogP contribution in [0.15, 0.2) is 66.9 Å². The van der Waals surface area contributed by atoms with Gasteiger partial charge in [-0.05, 0) is 37.3 Å². The Morgan fingerprint density at radius 2 is 1.94 bits per heavy atom. The summed E-state index contributed by atoms with van der Waals surface area (Å²) in [6.45, 7) is 2.71. The molecule has 2 aromatic carbocycles. The van der Waals surface area contributed by atoms with Gasteiger partial charge >= 0.3 is 5.97 Å². The minimum atomic E-state index is -0.985. The average molecular weight is 411 g/mol. The summed E-state index contributed by atoms with van der Waals surface area (Å²) in [5.74, 6) is -0.985. The van der Waals surface area contributed by atoms with E-state index in [4.69, 9.17) is 5.10 Å². The number of para-hydroxylation sites is 1. The van der Waals surface area contributed by atoms with Gasteiger partial charge in [-0.2, -0.15) is 5.10 Å². The Morgan fingerprint density at radius 1 is 1.13 bits per heavy atom. The first-order valence-electron chi connectivity index (χ1n) is 10.1. The monoisotopic (exact) mass is 411 g/mol. The molecule has 0 atom stereocenters. The Labute approximate surface area is 178 Å². The number of carboxylic acids is 1. The molecule has 0 aliphatic carbocycles. The molecule has 0 saturated heterocycles. The molecule has 0 bridgehead atoms. The number of nitrogens with zero attached hydrogens (tertiary/aromatic N) is 4. The summed E-state index contributed by atoms with van der Waals surface area (Å²) in [5.41, 5.74) is 5.99. The molecule has 0 spiro atoms. The Morgan fingerprint density at radius 3 is 2.68 bits per heavy atom. The van der Waals surface area contributed by atoms with Gasteiger partial charge in [0.15, 0.2) is 0 Å². The number of aromatic nitrogens is 4. The highest BCUT2D eigenvalue weighted by Gasteiger charge is 2.20. The molecule has 5 rings (SSSR count). The summed E-state index contributed by atoms with van der Waals surface area (Å²) in [7, 11) is 2.03. The third-order valence-electron chi connectivity index (χ3n) is 5.56. The van der Waals surface area contributed by atoms with E-state index in [0.717, 1.165) is 33.7 Å². The normalized spacial score (nSPS) is 11.3. The van der Waals surface area contributed by atoms with Crippen LogP contribution < -0.4 is 4.90 Å². The van der Waals surface area contributed by atoms with Gasteiger partial charge in [0.1, 0.15) is 5.52 Å². The number of benzene rings is 2. The average Bonchev–Trinajstić information content (AvgIpc) is 3.39. The van der Waals surface area contributed by atoms with Crippen LogP contribution in [0, 0.1) is 0 Å². The Bertz CT molecular complexity index is 1420. The first-order valence-corrected chi connectivity index (χ1v) is 10.1. The minimum absolute atomic E-state index is 0.201. The predicted octanol–water partition coefficient (Wildman–Crippen LogP) is 5.07. The van der Waals surface area contributed by atoms with Crippen molar-refractivity contribution in [3.05, 3.63) is 72.4 Å². The lowest BCUT2D eigenvalue weighted by molar-refractivity contribution is 0.0698. The molecule has 0 unspecified atom stereocenters. The van der Waals surface area contributed by atoms with Gasteiger partial charge in [0, 0.05) is 30.9 Å². The fourth-order valence-corrected chi connectivity index (χ4v) is 4.04. The number of aryl methyl sites for hydroxylation is 1. The molecule has 0 radical (unpaired) electrons. The van der Waals surface area contributed by atoms with Crippen LogP contribution in [0.3, 0.4) is 0 Å². The Balaban J connectivity index is 1.73. The minimum Gasteiger partial charge on any atom is -0.478 e. The number of nitrogens with one attached hydrogen (secondary N) is 1. The zero-order valence-corrected chi connectivity index (χ0v) is 17.2. The highest BCUT2D eigenvalue weighted by molar-refractivity contribution is 6.05. The second kappa shape index (κ2) is 7.28. The number of hydrogen-bond acceptors (Lipinski definition) is 4. The van der Waals surface area contributed by atoms with Crippen molar-refractivity contribution in [2.45, 2.75) is 13.5 Å². The van der Waals surface area contributed by atoms with Crippen LogP contribution in [0.25, 0.3) is 33.3 Å². The zero-order valence-electron chi connectivity index (χ0n) is 17.2. The van der Waals surface area contributed by atoms with Crippen molar-refractivity contribution in [2.75, 3.05) is 11.9 Å². The molecule has 0 saturated carbocycles. The summed E-state index contributed by atoms with van der Waals surface area (Å²) in [6.07, 6.45) is 1.52. The standard InChI is InChI=1S/C24H21N5O2/c1-3-29-23(19-14-18-21(26-19)17(24(30)31)12-13-25-18)16-10-7-11-20(22(16)27-29)28(2)15-8-5-4-6-9-15/h4-14,26H,3H2,1-2H3,(H,30,31). The van der Waals surface area contributed by atoms with E-state index in [-0.39, 0.29) is 5.56 Å². The molecule has 0 fully saturated rings. The van der Waals surface area contributed by atoms with E-state index in [1.807, 2.05) is 55.1 Å². The summed E-state index contributed by atoms with van der Waals surface area (Å²) in [5, 5.41) is 15.4. The first-order chi connectivity index (χ1) is 15.1. The molecular weight excluding hydrogens is 390 g/mol. The van der Waals surface area contributed by atoms with Crippen LogP contribution in [0.5, 0.6) is 0 Å². The van der Waals surface area contributed by atoms with E-state index < -0.39 is 5.97 Å². The quantitative estimate of drug-likeness (QED) is 0.422. The van der Waals surface area contributed by atoms with Crippen molar-refractivity contribution < 1.29 is 9.90 Å². The molecule has 3 heterocycles. The van der Waals surface area contributed by atoms with Crippen molar-refractivity contribution in [1.82, 2.24) is 19.7 Å². The van der Waals surface area contributed by atoms with Gasteiger partial charge in [-0.25, -0.2) is 4.79 Å². The van der Waals surface area contributed by atoms with E-state index >= 15 is 0 Å². The second-order valence-electron chi connectivity index (χ2n) is 7.34. The van der Waals surface area contributed by atoms with Crippen LogP contribution in [-0.4, -0.2) is 37.9 Å². The number of carbonyl (C=O) groups is 1. The lowest BCUT2D eigenvalue weighted by atomic mass is 10.1. The number of hydrogen-bond donors (Lipinski definition) is 2. The Hall–Kier alpha value is -4.13. The summed E-state index contributed by atoms with van der Waals surface area (Å²) >= 11 is 0. The largest absolute Gasteiger partial charge is 0.478 e. The molecule has 7 nitrogen and oxygen atoms in total. The molecule has 0 aliphatic rings. The maximum Gasteiger partial charge on any atom is 0.337 e. The highest BCUT2D eigenvalue weighted by atomic mass is 16.4. The van der Waals surface area contributed by atoms with Gasteiger partial charge in [0.05, 0.1) is 33.7 Å². The molecular formula is C24H21N5O2. The summed E-state index contributed by atoms with van der Waals surface area (Å²) < 4.78 is 1.94. The maximum atomic E-state index is 11.6. The number of anilines is 2. The van der Waals surface area contributed by atoms with Gasteiger partial charge in [0.25, 0.3) is 0 Å². The van der Waals surface area contributed by atoms with Crippen LogP contribution >= 0.6 is 0 Å². The van der Waals surface area contributed by atoms with E-state index in [1.54, 1.807) is 0 Å². The highest BCUT2D eigenvalue weighted by Crippen LogP contribution is 2.36. The first kappa shape index (κ1) is 18.9. The zero-order chi connectivity index (χ0) is 21.5. The molecule has 0 amide bonds. The molecule has 31 heavy (non-hydrogen) atoms. The van der Waals surface area contributed by atoms with Crippen molar-refractivity contribution in [3.63, 3.8) is 0 Å². The van der Waals surface area contributed by atoms with Gasteiger partial charge in [-0.3, -0.25) is 9.67 Å². The second-order valence-corrected chi connectivity index (χ2v) is 7.34. The number of rotatable bonds is 5. The van der Waals surface area contributed by atoms with Crippen molar-refractivity contribution in [2.24, 2.45) is 0 Å². The molecule has 154 valence electrons. The Kier molecular flexibility index (Phi) is 4.43. The van der Waals surface area contributed by atoms with E-state index in [0.29, 0.717) is 17.6 Å². The van der Waals surface area contributed by atoms with E-state index in [1.165, 1.54) is 12.3 Å². The van der Waals surface area contributed by atoms with Gasteiger partial charge in [-0.15, -0.1) is 0 Å². The van der Waals surface area contributed by atoms with Crippen LogP contribution in [0.1, 0.15) is 17.3 Å². The molecule has 7 heteroatoms. The van der Waals surface area contributed by atoms with Crippen LogP contribution in [0.4, 0.5) is 11.4 Å². The molecule has 0 aliphatic heterocycles. The fraction of sp³-hybridized carbons (Fsp3) is 0.125. The van der Waals surface area contributed by atoms with Crippen LogP contribution in [0.2, 0.25) is 0 Å². The number of aromatic amines is 1. The molecule has 2 N–H and O–H groups in total. The van der Waals surface area contributed by atoms with Crippen molar-refractivity contribution in [3.8, 4) is 11.4 Å². The number of H-pyrrole nitrogens is 1. The van der Waals surface area contributed by atoms with Crippen molar-refractivity contribution >= 4 is 39.3 Å². The third kappa shape index (κ3) is 3.02. The molecule has 3 aromatic heterocycles. The lowest BCUT2D eigenvalue weighted by Crippen LogP contribution is -2.09.